The van der Waals surface area contributed by atoms with Crippen molar-refractivity contribution in [2.24, 2.45) is 5.73 Å². The van der Waals surface area contributed by atoms with E-state index in [4.69, 9.17) is 11.1 Å². The first-order valence-corrected chi connectivity index (χ1v) is 9.46. The molecule has 0 atom stereocenters. The zero-order valence-electron chi connectivity index (χ0n) is 16.6. The van der Waals surface area contributed by atoms with E-state index in [1.165, 1.54) is 16.9 Å². The second-order valence-corrected chi connectivity index (χ2v) is 6.91. The van der Waals surface area contributed by atoms with E-state index in [1.54, 1.807) is 67.6 Å². The van der Waals surface area contributed by atoms with Gasteiger partial charge in [0, 0.05) is 22.9 Å². The van der Waals surface area contributed by atoms with Crippen LogP contribution in [0.15, 0.2) is 72.9 Å². The number of pyridine rings is 1. The van der Waals surface area contributed by atoms with Gasteiger partial charge in [-0.1, -0.05) is 30.3 Å². The number of carbonyl (C=O) groups is 1. The Morgan fingerprint density at radius 3 is 2.61 bits per heavy atom. The molecule has 0 saturated heterocycles. The van der Waals surface area contributed by atoms with E-state index in [0.29, 0.717) is 39.6 Å². The van der Waals surface area contributed by atoms with Gasteiger partial charge in [0.25, 0.3) is 5.91 Å². The third-order valence-corrected chi connectivity index (χ3v) is 4.66. The number of hydrogen-bond donors (Lipinski definition) is 3. The summed E-state index contributed by atoms with van der Waals surface area (Å²) in [6.45, 7) is 1.78. The van der Waals surface area contributed by atoms with Gasteiger partial charge in [-0.2, -0.15) is 5.10 Å². The summed E-state index contributed by atoms with van der Waals surface area (Å²) < 4.78 is 15.5. The molecule has 154 valence electrons. The summed E-state index contributed by atoms with van der Waals surface area (Å²) in [5.41, 5.74) is 8.71. The van der Waals surface area contributed by atoms with Crippen molar-refractivity contribution in [3.63, 3.8) is 0 Å². The predicted molar refractivity (Wildman–Crippen MR) is 117 cm³/mol. The van der Waals surface area contributed by atoms with Crippen molar-refractivity contribution >= 4 is 17.6 Å². The molecule has 1 amide bonds. The molecule has 7 nitrogen and oxygen atoms in total. The van der Waals surface area contributed by atoms with Crippen molar-refractivity contribution in [2.75, 3.05) is 5.32 Å². The fraction of sp³-hybridized carbons (Fsp3) is 0.0435. The van der Waals surface area contributed by atoms with Gasteiger partial charge in [-0.05, 0) is 43.3 Å². The first-order valence-electron chi connectivity index (χ1n) is 9.46. The first-order chi connectivity index (χ1) is 14.9. The molecule has 0 aliphatic carbocycles. The van der Waals surface area contributed by atoms with Crippen molar-refractivity contribution in [1.29, 1.82) is 5.41 Å². The minimum atomic E-state index is -0.403. The van der Waals surface area contributed by atoms with E-state index in [9.17, 15) is 9.18 Å². The number of nitrogen functional groups attached to an aromatic ring is 1. The highest BCUT2D eigenvalue weighted by Gasteiger charge is 2.17. The van der Waals surface area contributed by atoms with E-state index in [-0.39, 0.29) is 11.7 Å². The first kappa shape index (κ1) is 20.0. The van der Waals surface area contributed by atoms with E-state index in [1.807, 2.05) is 0 Å². The van der Waals surface area contributed by atoms with Crippen molar-refractivity contribution in [2.45, 2.75) is 6.92 Å². The molecule has 4 aromatic rings. The third-order valence-electron chi connectivity index (χ3n) is 4.66. The Labute approximate surface area is 177 Å². The van der Waals surface area contributed by atoms with E-state index < -0.39 is 5.91 Å². The fourth-order valence-corrected chi connectivity index (χ4v) is 3.17. The molecule has 2 heterocycles. The van der Waals surface area contributed by atoms with Crippen LogP contribution in [0, 0.1) is 18.2 Å². The minimum absolute atomic E-state index is 0.0733. The lowest BCUT2D eigenvalue weighted by Gasteiger charge is -2.10. The highest BCUT2D eigenvalue weighted by molar-refractivity contribution is 6.03. The van der Waals surface area contributed by atoms with Gasteiger partial charge < -0.3 is 11.1 Å². The Morgan fingerprint density at radius 2 is 1.90 bits per heavy atom. The zero-order valence-corrected chi connectivity index (χ0v) is 16.6. The smallest absolute Gasteiger partial charge is 0.275 e. The monoisotopic (exact) mass is 414 g/mol. The maximum atomic E-state index is 14.0. The van der Waals surface area contributed by atoms with Crippen molar-refractivity contribution in [1.82, 2.24) is 14.8 Å². The summed E-state index contributed by atoms with van der Waals surface area (Å²) in [5.74, 6) is -0.489. The van der Waals surface area contributed by atoms with Crippen LogP contribution in [0.25, 0.3) is 16.8 Å². The molecule has 0 fully saturated rings. The highest BCUT2D eigenvalue weighted by atomic mass is 19.1. The number of amides is 1. The molecule has 0 saturated carbocycles. The number of hydrogen-bond acceptors (Lipinski definition) is 4. The molecular weight excluding hydrogens is 395 g/mol. The maximum Gasteiger partial charge on any atom is 0.275 e. The number of aromatic nitrogens is 3. The average Bonchev–Trinajstić information content (AvgIpc) is 3.17. The SMILES string of the molecule is Cc1cc(C(=O)Nc2ccc(-c3ccccc3F)cn2)n(-c2cccc(C(=N)N)c2)n1. The van der Waals surface area contributed by atoms with Crippen LogP contribution in [-0.4, -0.2) is 26.5 Å². The maximum absolute atomic E-state index is 14.0. The third kappa shape index (κ3) is 4.18. The number of nitrogens with zero attached hydrogens (tertiary/aromatic N) is 3. The number of anilines is 1. The predicted octanol–water partition coefficient (Wildman–Crippen LogP) is 3.92. The summed E-state index contributed by atoms with van der Waals surface area (Å²) in [6.07, 6.45) is 1.51. The van der Waals surface area contributed by atoms with Crippen molar-refractivity contribution in [3.05, 3.63) is 95.7 Å². The quantitative estimate of drug-likeness (QED) is 0.340. The van der Waals surface area contributed by atoms with Crippen LogP contribution >= 0.6 is 0 Å². The fourth-order valence-electron chi connectivity index (χ4n) is 3.17. The Morgan fingerprint density at radius 1 is 1.10 bits per heavy atom. The number of aryl methyl sites for hydroxylation is 1. The summed E-state index contributed by atoms with van der Waals surface area (Å²) in [5, 5.41) is 14.7. The molecule has 2 aromatic carbocycles. The molecule has 0 radical (unpaired) electrons. The van der Waals surface area contributed by atoms with Crippen molar-refractivity contribution < 1.29 is 9.18 Å². The molecule has 0 spiro atoms. The van der Waals surface area contributed by atoms with Crippen LogP contribution in [0.4, 0.5) is 10.2 Å². The van der Waals surface area contributed by atoms with Crippen LogP contribution in [-0.2, 0) is 0 Å². The van der Waals surface area contributed by atoms with Crippen LogP contribution in [0.5, 0.6) is 0 Å². The number of nitrogens with two attached hydrogens (primary N) is 1. The summed E-state index contributed by atoms with van der Waals surface area (Å²) in [7, 11) is 0. The number of benzene rings is 2. The Bertz CT molecular complexity index is 1280. The number of rotatable bonds is 5. The van der Waals surface area contributed by atoms with Gasteiger partial charge in [-0.3, -0.25) is 10.2 Å². The van der Waals surface area contributed by atoms with Gasteiger partial charge in [0.2, 0.25) is 0 Å². The number of amidine groups is 1. The molecule has 8 heteroatoms. The lowest BCUT2D eigenvalue weighted by molar-refractivity contribution is 0.101. The Hall–Kier alpha value is -4.33. The summed E-state index contributed by atoms with van der Waals surface area (Å²) >= 11 is 0. The second-order valence-electron chi connectivity index (χ2n) is 6.91. The van der Waals surface area contributed by atoms with E-state index in [0.717, 1.165) is 0 Å². The summed E-state index contributed by atoms with van der Waals surface area (Å²) in [6, 6.07) is 18.3. The highest BCUT2D eigenvalue weighted by Crippen LogP contribution is 2.23. The number of carbonyl (C=O) groups excluding carboxylic acids is 1. The topological polar surface area (TPSA) is 110 Å². The van der Waals surface area contributed by atoms with Crippen molar-refractivity contribution in [3.8, 4) is 16.8 Å². The Balaban J connectivity index is 1.59. The summed E-state index contributed by atoms with van der Waals surface area (Å²) in [4.78, 5) is 17.1. The van der Waals surface area contributed by atoms with Gasteiger partial charge in [-0.25, -0.2) is 14.1 Å². The minimum Gasteiger partial charge on any atom is -0.384 e. The largest absolute Gasteiger partial charge is 0.384 e. The lowest BCUT2D eigenvalue weighted by atomic mass is 10.1. The van der Waals surface area contributed by atoms with E-state index in [2.05, 4.69) is 15.4 Å². The molecule has 2 aromatic heterocycles. The van der Waals surface area contributed by atoms with Crippen LogP contribution in [0.2, 0.25) is 0 Å². The molecule has 0 unspecified atom stereocenters. The lowest BCUT2D eigenvalue weighted by Crippen LogP contribution is -2.18. The molecule has 31 heavy (non-hydrogen) atoms. The van der Waals surface area contributed by atoms with Crippen LogP contribution < -0.4 is 11.1 Å². The van der Waals surface area contributed by atoms with Gasteiger partial charge in [0.1, 0.15) is 23.2 Å². The van der Waals surface area contributed by atoms with Gasteiger partial charge in [0.05, 0.1) is 11.4 Å². The Kier molecular flexibility index (Phi) is 5.28. The van der Waals surface area contributed by atoms with Crippen LogP contribution in [0.3, 0.4) is 0 Å². The van der Waals surface area contributed by atoms with Gasteiger partial charge >= 0.3 is 0 Å². The second kappa shape index (κ2) is 8.19. The normalized spacial score (nSPS) is 10.6. The zero-order chi connectivity index (χ0) is 22.0. The van der Waals surface area contributed by atoms with Gasteiger partial charge in [0.15, 0.2) is 0 Å². The molecule has 4 N–H and O–H groups in total. The molecular formula is C23H19FN6O. The molecule has 0 bridgehead atoms. The molecule has 0 aliphatic rings. The van der Waals surface area contributed by atoms with Crippen LogP contribution in [0.1, 0.15) is 21.7 Å². The van der Waals surface area contributed by atoms with Gasteiger partial charge in [-0.15, -0.1) is 0 Å². The molecule has 4 rings (SSSR count). The average molecular weight is 414 g/mol. The van der Waals surface area contributed by atoms with E-state index >= 15 is 0 Å². The number of halogens is 1. The number of nitrogens with one attached hydrogen (secondary N) is 2. The molecule has 0 aliphatic heterocycles. The standard InChI is InChI=1S/C23H19FN6O/c1-14-11-20(30(29-14)17-6-4-5-15(12-17)22(25)26)23(31)28-21-10-9-16(13-27-21)18-7-2-3-8-19(18)24/h2-13H,1H3,(H3,25,26)(H,27,28,31).